The third kappa shape index (κ3) is 2.05. The highest BCUT2D eigenvalue weighted by molar-refractivity contribution is 7.71. The van der Waals surface area contributed by atoms with Gasteiger partial charge in [-0.05, 0) is 49.2 Å². The van der Waals surface area contributed by atoms with Crippen molar-refractivity contribution in [2.45, 2.75) is 25.6 Å². The van der Waals surface area contributed by atoms with Crippen molar-refractivity contribution in [1.82, 2.24) is 9.55 Å². The molecule has 0 saturated heterocycles. The molecule has 1 aliphatic rings. The fraction of sp³-hybridized carbons (Fsp3) is 0.417. The molecule has 2 aromatic rings. The number of hydrogen-bond acceptors (Lipinski definition) is 1. The van der Waals surface area contributed by atoms with E-state index in [1.807, 2.05) is 4.57 Å². The summed E-state index contributed by atoms with van der Waals surface area (Å²) in [5.41, 5.74) is 0.556. The van der Waals surface area contributed by atoms with E-state index >= 15 is 0 Å². The van der Waals surface area contributed by atoms with Gasteiger partial charge in [-0.15, -0.1) is 0 Å². The zero-order valence-corrected chi connectivity index (χ0v) is 10.2. The van der Waals surface area contributed by atoms with Gasteiger partial charge in [0.1, 0.15) is 0 Å². The molecule has 1 N–H and O–H groups in total. The summed E-state index contributed by atoms with van der Waals surface area (Å²) in [6.45, 7) is 0.796. The fourth-order valence-electron chi connectivity index (χ4n) is 2.08. The molecule has 0 amide bonds. The molecule has 96 valence electrons. The smallest absolute Gasteiger partial charge is 0.331 e. The monoisotopic (exact) mass is 272 g/mol. The molecule has 0 aliphatic heterocycles. The molecule has 1 saturated carbocycles. The minimum absolute atomic E-state index is 0.454. The van der Waals surface area contributed by atoms with E-state index in [1.165, 1.54) is 18.9 Å². The van der Waals surface area contributed by atoms with Gasteiger partial charge in [0.15, 0.2) is 4.77 Å². The Balaban J connectivity index is 2.10. The average molecular weight is 272 g/mol. The van der Waals surface area contributed by atoms with Gasteiger partial charge < -0.3 is 9.55 Å². The van der Waals surface area contributed by atoms with Crippen molar-refractivity contribution in [3.8, 4) is 0 Å². The van der Waals surface area contributed by atoms with Crippen LogP contribution in [0.4, 0.5) is 13.2 Å². The molecule has 1 fully saturated rings. The molecule has 1 heterocycles. The van der Waals surface area contributed by atoms with Crippen LogP contribution in [-0.2, 0) is 12.7 Å². The SMILES string of the molecule is FC(F)(F)c1ccc2c(c1)[nH]c(=S)n2CC1CC1. The number of aromatic nitrogens is 2. The number of H-pyrrole nitrogens is 1. The van der Waals surface area contributed by atoms with Crippen LogP contribution in [0.25, 0.3) is 11.0 Å². The lowest BCUT2D eigenvalue weighted by molar-refractivity contribution is -0.137. The van der Waals surface area contributed by atoms with Crippen molar-refractivity contribution >= 4 is 23.3 Å². The number of halogens is 3. The van der Waals surface area contributed by atoms with Gasteiger partial charge in [-0.2, -0.15) is 13.2 Å². The first kappa shape index (κ1) is 11.8. The second-order valence-electron chi connectivity index (χ2n) is 4.71. The van der Waals surface area contributed by atoms with Crippen molar-refractivity contribution in [3.05, 3.63) is 28.5 Å². The van der Waals surface area contributed by atoms with Crippen LogP contribution in [0.15, 0.2) is 18.2 Å². The van der Waals surface area contributed by atoms with Crippen LogP contribution in [0.1, 0.15) is 18.4 Å². The molecule has 0 atom stereocenters. The standard InChI is InChI=1S/C12H11F3N2S/c13-12(14,15)8-3-4-10-9(5-8)16-11(18)17(10)6-7-1-2-7/h3-5,7H,1-2,6H2,(H,16,18). The zero-order chi connectivity index (χ0) is 12.9. The summed E-state index contributed by atoms with van der Waals surface area (Å²) >= 11 is 5.16. The number of hydrogen-bond donors (Lipinski definition) is 1. The molecule has 0 unspecified atom stereocenters. The third-order valence-electron chi connectivity index (χ3n) is 3.24. The van der Waals surface area contributed by atoms with Gasteiger partial charge in [-0.3, -0.25) is 0 Å². The maximum Gasteiger partial charge on any atom is 0.416 e. The topological polar surface area (TPSA) is 20.7 Å². The van der Waals surface area contributed by atoms with Crippen LogP contribution in [0.3, 0.4) is 0 Å². The van der Waals surface area contributed by atoms with E-state index < -0.39 is 11.7 Å². The molecule has 0 bridgehead atoms. The Hall–Kier alpha value is -1.30. The van der Waals surface area contributed by atoms with Gasteiger partial charge in [-0.25, -0.2) is 0 Å². The number of nitrogens with one attached hydrogen (secondary N) is 1. The molecule has 1 aliphatic carbocycles. The van der Waals surface area contributed by atoms with Crippen molar-refractivity contribution in [2.24, 2.45) is 5.92 Å². The summed E-state index contributed by atoms with van der Waals surface area (Å²) in [6.07, 6.45) is -1.97. The summed E-state index contributed by atoms with van der Waals surface area (Å²) in [5.74, 6) is 0.623. The van der Waals surface area contributed by atoms with Gasteiger partial charge in [0, 0.05) is 6.54 Å². The Morgan fingerprint density at radius 2 is 2.06 bits per heavy atom. The van der Waals surface area contributed by atoms with Crippen molar-refractivity contribution in [1.29, 1.82) is 0 Å². The molecule has 1 aromatic heterocycles. The third-order valence-corrected chi connectivity index (χ3v) is 3.56. The molecule has 2 nitrogen and oxygen atoms in total. The number of aromatic amines is 1. The highest BCUT2D eigenvalue weighted by Gasteiger charge is 2.31. The van der Waals surface area contributed by atoms with E-state index in [-0.39, 0.29) is 0 Å². The summed E-state index contributed by atoms with van der Waals surface area (Å²) in [5, 5.41) is 0. The van der Waals surface area contributed by atoms with Crippen molar-refractivity contribution in [2.75, 3.05) is 0 Å². The minimum Gasteiger partial charge on any atom is -0.331 e. The molecule has 0 spiro atoms. The molecule has 1 aromatic carbocycles. The summed E-state index contributed by atoms with van der Waals surface area (Å²) in [7, 11) is 0. The van der Waals surface area contributed by atoms with E-state index in [2.05, 4.69) is 4.98 Å². The second kappa shape index (κ2) is 3.85. The average Bonchev–Trinajstić information content (AvgIpc) is 3.03. The van der Waals surface area contributed by atoms with Gasteiger partial charge in [-0.1, -0.05) is 0 Å². The first-order valence-corrected chi connectivity index (χ1v) is 6.16. The lowest BCUT2D eigenvalue weighted by Crippen LogP contribution is -2.04. The number of nitrogens with zero attached hydrogens (tertiary/aromatic N) is 1. The van der Waals surface area contributed by atoms with Gasteiger partial charge in [0.05, 0.1) is 16.6 Å². The van der Waals surface area contributed by atoms with Crippen LogP contribution < -0.4 is 0 Å². The molecule has 6 heteroatoms. The Morgan fingerprint density at radius 1 is 1.33 bits per heavy atom. The molecule has 0 radical (unpaired) electrons. The van der Waals surface area contributed by atoms with Gasteiger partial charge >= 0.3 is 6.18 Å². The quantitative estimate of drug-likeness (QED) is 0.815. The van der Waals surface area contributed by atoms with E-state index in [1.54, 1.807) is 0 Å². The Morgan fingerprint density at radius 3 is 2.67 bits per heavy atom. The van der Waals surface area contributed by atoms with Crippen LogP contribution in [0.2, 0.25) is 0 Å². The number of imidazole rings is 1. The first-order chi connectivity index (χ1) is 8.45. The normalized spacial score (nSPS) is 16.4. The summed E-state index contributed by atoms with van der Waals surface area (Å²) in [6, 6.07) is 3.72. The van der Waals surface area contributed by atoms with E-state index in [0.717, 1.165) is 24.2 Å². The predicted molar refractivity (Wildman–Crippen MR) is 64.8 cm³/mol. The van der Waals surface area contributed by atoms with Crippen LogP contribution in [0, 0.1) is 10.7 Å². The minimum atomic E-state index is -4.32. The lowest BCUT2D eigenvalue weighted by Gasteiger charge is -2.07. The molecule has 3 rings (SSSR count). The summed E-state index contributed by atoms with van der Waals surface area (Å²) in [4.78, 5) is 2.85. The largest absolute Gasteiger partial charge is 0.416 e. The lowest BCUT2D eigenvalue weighted by atomic mass is 10.2. The summed E-state index contributed by atoms with van der Waals surface area (Å²) < 4.78 is 40.2. The van der Waals surface area contributed by atoms with Gasteiger partial charge in [0.2, 0.25) is 0 Å². The zero-order valence-electron chi connectivity index (χ0n) is 9.42. The second-order valence-corrected chi connectivity index (χ2v) is 5.10. The fourth-order valence-corrected chi connectivity index (χ4v) is 2.36. The van der Waals surface area contributed by atoms with Crippen LogP contribution in [0.5, 0.6) is 0 Å². The number of benzene rings is 1. The van der Waals surface area contributed by atoms with Crippen LogP contribution in [-0.4, -0.2) is 9.55 Å². The molecule has 18 heavy (non-hydrogen) atoms. The molecular weight excluding hydrogens is 261 g/mol. The Bertz CT molecular complexity index is 649. The Labute approximate surface area is 106 Å². The highest BCUT2D eigenvalue weighted by Crippen LogP contribution is 2.34. The van der Waals surface area contributed by atoms with Crippen LogP contribution >= 0.6 is 12.2 Å². The molecular formula is C12H11F3N2S. The highest BCUT2D eigenvalue weighted by atomic mass is 32.1. The van der Waals surface area contributed by atoms with E-state index in [4.69, 9.17) is 12.2 Å². The maximum absolute atomic E-state index is 12.6. The van der Waals surface area contributed by atoms with Crippen molar-refractivity contribution in [3.63, 3.8) is 0 Å². The first-order valence-electron chi connectivity index (χ1n) is 5.75. The predicted octanol–water partition coefficient (Wildman–Crippen LogP) is 4.13. The van der Waals surface area contributed by atoms with Gasteiger partial charge in [0.25, 0.3) is 0 Å². The number of alkyl halides is 3. The van der Waals surface area contributed by atoms with E-state index in [0.29, 0.717) is 16.2 Å². The Kier molecular flexibility index (Phi) is 2.52. The van der Waals surface area contributed by atoms with Crippen molar-refractivity contribution < 1.29 is 13.2 Å². The number of fused-ring (bicyclic) bond motifs is 1. The maximum atomic E-state index is 12.6. The number of rotatable bonds is 2. The van der Waals surface area contributed by atoms with E-state index in [9.17, 15) is 13.2 Å².